The third kappa shape index (κ3) is 2.98. The summed E-state index contributed by atoms with van der Waals surface area (Å²) in [7, 11) is 0. The maximum Gasteiger partial charge on any atom is 0.249 e. The van der Waals surface area contributed by atoms with Crippen molar-refractivity contribution in [2.24, 2.45) is 11.3 Å². The Hall–Kier alpha value is -0.570. The highest BCUT2D eigenvalue weighted by atomic mass is 16.3. The number of hydrogen-bond acceptors (Lipinski definition) is 2. The number of aliphatic hydroxyl groups excluding tert-OH is 1. The molecule has 14 heavy (non-hydrogen) atoms. The number of rotatable bonds is 3. The van der Waals surface area contributed by atoms with E-state index in [9.17, 15) is 9.90 Å². The Morgan fingerprint density at radius 2 is 1.93 bits per heavy atom. The molecule has 82 valence electrons. The molecule has 1 fully saturated rings. The molecule has 0 aliphatic heterocycles. The van der Waals surface area contributed by atoms with E-state index in [2.05, 4.69) is 26.1 Å². The summed E-state index contributed by atoms with van der Waals surface area (Å²) in [5, 5.41) is 12.4. The van der Waals surface area contributed by atoms with Gasteiger partial charge in [0.1, 0.15) is 6.10 Å². The summed E-state index contributed by atoms with van der Waals surface area (Å²) in [6.07, 6.45) is 1.18. The van der Waals surface area contributed by atoms with Gasteiger partial charge in [0.05, 0.1) is 0 Å². The van der Waals surface area contributed by atoms with Crippen LogP contribution in [-0.4, -0.2) is 23.2 Å². The normalized spacial score (nSPS) is 21.5. The van der Waals surface area contributed by atoms with Crippen molar-refractivity contribution in [2.45, 2.75) is 52.7 Å². The second kappa shape index (κ2) is 3.89. The SMILES string of the molecule is C[C@H](NC(=O)[C@@H](O)C1CC1)C(C)(C)C. The molecule has 0 spiro atoms. The molecule has 0 saturated heterocycles. The second-order valence-electron chi connectivity index (χ2n) is 5.38. The van der Waals surface area contributed by atoms with Gasteiger partial charge in [-0.3, -0.25) is 4.79 Å². The molecule has 0 unspecified atom stereocenters. The van der Waals surface area contributed by atoms with Gasteiger partial charge in [0.2, 0.25) is 5.91 Å². The lowest BCUT2D eigenvalue weighted by Crippen LogP contribution is -2.46. The maximum atomic E-state index is 11.5. The van der Waals surface area contributed by atoms with Crippen LogP contribution < -0.4 is 5.32 Å². The molecule has 1 saturated carbocycles. The summed E-state index contributed by atoms with van der Waals surface area (Å²) >= 11 is 0. The van der Waals surface area contributed by atoms with Gasteiger partial charge in [-0.15, -0.1) is 0 Å². The Morgan fingerprint density at radius 1 is 1.43 bits per heavy atom. The van der Waals surface area contributed by atoms with E-state index in [1.807, 2.05) is 6.92 Å². The molecule has 3 heteroatoms. The summed E-state index contributed by atoms with van der Waals surface area (Å²) in [6.45, 7) is 8.18. The summed E-state index contributed by atoms with van der Waals surface area (Å²) in [4.78, 5) is 11.5. The lowest BCUT2D eigenvalue weighted by molar-refractivity contribution is -0.131. The van der Waals surface area contributed by atoms with Crippen LogP contribution >= 0.6 is 0 Å². The Morgan fingerprint density at radius 3 is 2.29 bits per heavy atom. The summed E-state index contributed by atoms with van der Waals surface area (Å²) < 4.78 is 0. The van der Waals surface area contributed by atoms with Crippen LogP contribution in [0.2, 0.25) is 0 Å². The van der Waals surface area contributed by atoms with Crippen LogP contribution in [0.5, 0.6) is 0 Å². The predicted octanol–water partition coefficient (Wildman–Crippen LogP) is 1.31. The van der Waals surface area contributed by atoms with E-state index in [1.165, 1.54) is 0 Å². The fraction of sp³-hybridized carbons (Fsp3) is 0.909. The van der Waals surface area contributed by atoms with Gasteiger partial charge in [0.25, 0.3) is 0 Å². The van der Waals surface area contributed by atoms with Crippen LogP contribution in [0.1, 0.15) is 40.5 Å². The molecule has 2 atom stereocenters. The first kappa shape index (κ1) is 11.5. The molecular formula is C11H21NO2. The zero-order chi connectivity index (χ0) is 10.9. The fourth-order valence-electron chi connectivity index (χ4n) is 1.14. The van der Waals surface area contributed by atoms with E-state index in [0.29, 0.717) is 0 Å². The van der Waals surface area contributed by atoms with Crippen LogP contribution in [0, 0.1) is 11.3 Å². The second-order valence-corrected chi connectivity index (χ2v) is 5.38. The summed E-state index contributed by atoms with van der Waals surface area (Å²) in [5.41, 5.74) is 0.0406. The topological polar surface area (TPSA) is 49.3 Å². The molecule has 0 heterocycles. The number of aliphatic hydroxyl groups is 1. The highest BCUT2D eigenvalue weighted by molar-refractivity contribution is 5.81. The van der Waals surface area contributed by atoms with Crippen molar-refractivity contribution in [2.75, 3.05) is 0 Å². The first-order chi connectivity index (χ1) is 6.32. The van der Waals surface area contributed by atoms with Crippen LogP contribution in [0.25, 0.3) is 0 Å². The molecule has 0 bridgehead atoms. The van der Waals surface area contributed by atoms with E-state index in [1.54, 1.807) is 0 Å². The van der Waals surface area contributed by atoms with Crippen molar-refractivity contribution in [1.29, 1.82) is 0 Å². The zero-order valence-electron chi connectivity index (χ0n) is 9.50. The smallest absolute Gasteiger partial charge is 0.249 e. The van der Waals surface area contributed by atoms with Crippen molar-refractivity contribution in [3.63, 3.8) is 0 Å². The molecule has 1 amide bonds. The predicted molar refractivity (Wildman–Crippen MR) is 55.8 cm³/mol. The standard InChI is InChI=1S/C11H21NO2/c1-7(11(2,3)4)12-10(14)9(13)8-5-6-8/h7-9,13H,5-6H2,1-4H3,(H,12,14)/t7-,9-/m0/s1. The number of carbonyl (C=O) groups is 1. The molecule has 0 aromatic heterocycles. The molecular weight excluding hydrogens is 178 g/mol. The van der Waals surface area contributed by atoms with Gasteiger partial charge >= 0.3 is 0 Å². The van der Waals surface area contributed by atoms with E-state index in [0.717, 1.165) is 12.8 Å². The van der Waals surface area contributed by atoms with Crippen molar-refractivity contribution < 1.29 is 9.90 Å². The molecule has 1 aliphatic carbocycles. The molecule has 1 rings (SSSR count). The monoisotopic (exact) mass is 199 g/mol. The number of nitrogens with one attached hydrogen (secondary N) is 1. The number of hydrogen-bond donors (Lipinski definition) is 2. The van der Waals surface area contributed by atoms with Gasteiger partial charge in [-0.1, -0.05) is 20.8 Å². The Bertz CT molecular complexity index is 216. The minimum atomic E-state index is -0.792. The molecule has 0 aromatic rings. The van der Waals surface area contributed by atoms with E-state index >= 15 is 0 Å². The van der Waals surface area contributed by atoms with Crippen molar-refractivity contribution in [1.82, 2.24) is 5.32 Å². The van der Waals surface area contributed by atoms with Gasteiger partial charge in [-0.25, -0.2) is 0 Å². The minimum Gasteiger partial charge on any atom is -0.383 e. The fourth-order valence-corrected chi connectivity index (χ4v) is 1.14. The minimum absolute atomic E-state index is 0.0406. The molecule has 0 radical (unpaired) electrons. The highest BCUT2D eigenvalue weighted by Gasteiger charge is 2.35. The van der Waals surface area contributed by atoms with E-state index in [-0.39, 0.29) is 23.3 Å². The van der Waals surface area contributed by atoms with Crippen LogP contribution in [-0.2, 0) is 4.79 Å². The summed E-state index contributed by atoms with van der Waals surface area (Å²) in [6, 6.07) is 0.0865. The maximum absolute atomic E-state index is 11.5. The molecule has 1 aliphatic rings. The van der Waals surface area contributed by atoms with Crippen LogP contribution in [0.15, 0.2) is 0 Å². The Labute approximate surface area is 85.9 Å². The van der Waals surface area contributed by atoms with Gasteiger partial charge in [0, 0.05) is 6.04 Å². The first-order valence-corrected chi connectivity index (χ1v) is 5.31. The third-order valence-corrected chi connectivity index (χ3v) is 2.99. The van der Waals surface area contributed by atoms with Gasteiger partial charge in [-0.2, -0.15) is 0 Å². The quantitative estimate of drug-likeness (QED) is 0.720. The lowest BCUT2D eigenvalue weighted by atomic mass is 9.88. The van der Waals surface area contributed by atoms with Crippen LogP contribution in [0.4, 0.5) is 0 Å². The van der Waals surface area contributed by atoms with Crippen molar-refractivity contribution in [3.8, 4) is 0 Å². The Kier molecular flexibility index (Phi) is 3.20. The largest absolute Gasteiger partial charge is 0.383 e. The average Bonchev–Trinajstić information content (AvgIpc) is 2.83. The van der Waals surface area contributed by atoms with Gasteiger partial charge in [-0.05, 0) is 31.1 Å². The zero-order valence-corrected chi connectivity index (χ0v) is 9.50. The van der Waals surface area contributed by atoms with Gasteiger partial charge < -0.3 is 10.4 Å². The van der Waals surface area contributed by atoms with Crippen LogP contribution in [0.3, 0.4) is 0 Å². The number of carbonyl (C=O) groups excluding carboxylic acids is 1. The van der Waals surface area contributed by atoms with Gasteiger partial charge in [0.15, 0.2) is 0 Å². The first-order valence-electron chi connectivity index (χ1n) is 5.31. The van der Waals surface area contributed by atoms with E-state index < -0.39 is 6.10 Å². The summed E-state index contributed by atoms with van der Waals surface area (Å²) in [5.74, 6) is -0.00269. The number of amides is 1. The highest BCUT2D eigenvalue weighted by Crippen LogP contribution is 2.32. The van der Waals surface area contributed by atoms with Crippen molar-refractivity contribution >= 4 is 5.91 Å². The van der Waals surface area contributed by atoms with Crippen molar-refractivity contribution in [3.05, 3.63) is 0 Å². The molecule has 3 nitrogen and oxygen atoms in total. The average molecular weight is 199 g/mol. The third-order valence-electron chi connectivity index (χ3n) is 2.99. The lowest BCUT2D eigenvalue weighted by Gasteiger charge is -2.28. The molecule has 2 N–H and O–H groups in total. The Balaban J connectivity index is 2.39. The van der Waals surface area contributed by atoms with E-state index in [4.69, 9.17) is 0 Å². The molecule has 0 aromatic carbocycles.